The monoisotopic (exact) mass is 311 g/mol. The lowest BCUT2D eigenvalue weighted by Gasteiger charge is -2.19. The summed E-state index contributed by atoms with van der Waals surface area (Å²) in [6, 6.07) is 0. The highest BCUT2D eigenvalue weighted by Gasteiger charge is 2.21. The van der Waals surface area contributed by atoms with Crippen molar-refractivity contribution in [3.63, 3.8) is 0 Å². The van der Waals surface area contributed by atoms with Gasteiger partial charge in [-0.3, -0.25) is 9.59 Å². The minimum atomic E-state index is -0.306. The van der Waals surface area contributed by atoms with Crippen molar-refractivity contribution < 1.29 is 14.3 Å². The fourth-order valence-electron chi connectivity index (χ4n) is 1.86. The molecule has 6 nitrogen and oxygen atoms in total. The van der Waals surface area contributed by atoms with E-state index in [2.05, 4.69) is 9.97 Å². The standard InChI is InChI=1S/C14H21N3O3S/c1-6-20-11(18)7-8-17(4)14(19)12-9(2)15-10(3)16-13(12)21-5/h6-8H2,1-5H3. The number of aromatic nitrogens is 2. The van der Waals surface area contributed by atoms with Crippen LogP contribution < -0.4 is 0 Å². The number of aryl methyl sites for hydroxylation is 2. The van der Waals surface area contributed by atoms with Crippen molar-refractivity contribution in [2.75, 3.05) is 26.5 Å². The summed E-state index contributed by atoms with van der Waals surface area (Å²) < 4.78 is 4.86. The van der Waals surface area contributed by atoms with Gasteiger partial charge in [-0.05, 0) is 27.0 Å². The second kappa shape index (κ2) is 7.97. The van der Waals surface area contributed by atoms with E-state index in [9.17, 15) is 9.59 Å². The summed E-state index contributed by atoms with van der Waals surface area (Å²) in [6.45, 7) is 5.99. The molecule has 0 saturated heterocycles. The molecule has 0 aliphatic rings. The molecule has 0 aliphatic heterocycles. The predicted octanol–water partition coefficient (Wildman–Crippen LogP) is 1.84. The Labute approximate surface area is 129 Å². The smallest absolute Gasteiger partial charge is 0.307 e. The first-order valence-electron chi connectivity index (χ1n) is 6.71. The van der Waals surface area contributed by atoms with E-state index in [0.29, 0.717) is 35.3 Å². The highest BCUT2D eigenvalue weighted by atomic mass is 32.2. The molecular formula is C14H21N3O3S. The summed E-state index contributed by atoms with van der Waals surface area (Å²) in [6.07, 6.45) is 2.05. The number of ether oxygens (including phenoxy) is 1. The average Bonchev–Trinajstić information content (AvgIpc) is 2.43. The maximum absolute atomic E-state index is 12.5. The number of hydrogen-bond acceptors (Lipinski definition) is 6. The second-order valence-corrected chi connectivity index (χ2v) is 5.32. The molecule has 0 spiro atoms. The van der Waals surface area contributed by atoms with Crippen LogP contribution in [0.2, 0.25) is 0 Å². The third-order valence-corrected chi connectivity index (χ3v) is 3.56. The van der Waals surface area contributed by atoms with Crippen molar-refractivity contribution in [2.45, 2.75) is 32.2 Å². The Hall–Kier alpha value is -1.63. The van der Waals surface area contributed by atoms with Crippen LogP contribution in [0.3, 0.4) is 0 Å². The molecule has 0 fully saturated rings. The Balaban J connectivity index is 2.85. The van der Waals surface area contributed by atoms with Gasteiger partial charge in [-0.1, -0.05) is 0 Å². The van der Waals surface area contributed by atoms with Gasteiger partial charge in [-0.25, -0.2) is 9.97 Å². The number of thioether (sulfide) groups is 1. The SMILES string of the molecule is CCOC(=O)CCN(C)C(=O)c1c(C)nc(C)nc1SC. The molecular weight excluding hydrogens is 290 g/mol. The van der Waals surface area contributed by atoms with Gasteiger partial charge in [0.25, 0.3) is 5.91 Å². The van der Waals surface area contributed by atoms with Crippen LogP contribution in [-0.4, -0.2) is 53.2 Å². The zero-order valence-electron chi connectivity index (χ0n) is 13.1. The Morgan fingerprint density at radius 2 is 1.95 bits per heavy atom. The normalized spacial score (nSPS) is 10.3. The van der Waals surface area contributed by atoms with Crippen LogP contribution >= 0.6 is 11.8 Å². The number of carbonyl (C=O) groups is 2. The van der Waals surface area contributed by atoms with Gasteiger partial charge < -0.3 is 9.64 Å². The van der Waals surface area contributed by atoms with E-state index < -0.39 is 0 Å². The van der Waals surface area contributed by atoms with Gasteiger partial charge in [0, 0.05) is 13.6 Å². The molecule has 1 aromatic rings. The third kappa shape index (κ3) is 4.70. The third-order valence-electron chi connectivity index (χ3n) is 2.88. The van der Waals surface area contributed by atoms with Crippen molar-refractivity contribution in [1.82, 2.24) is 14.9 Å². The van der Waals surface area contributed by atoms with Crippen molar-refractivity contribution in [3.8, 4) is 0 Å². The van der Waals surface area contributed by atoms with E-state index in [1.165, 1.54) is 16.7 Å². The molecule has 7 heteroatoms. The maximum Gasteiger partial charge on any atom is 0.307 e. The Bertz CT molecular complexity index is 534. The van der Waals surface area contributed by atoms with Crippen LogP contribution in [0, 0.1) is 13.8 Å². The van der Waals surface area contributed by atoms with E-state index >= 15 is 0 Å². The fourth-order valence-corrected chi connectivity index (χ4v) is 2.52. The molecule has 0 unspecified atom stereocenters. The van der Waals surface area contributed by atoms with Gasteiger partial charge in [0.1, 0.15) is 10.9 Å². The first-order chi connectivity index (χ1) is 9.90. The highest BCUT2D eigenvalue weighted by Crippen LogP contribution is 2.21. The minimum Gasteiger partial charge on any atom is -0.466 e. The van der Waals surface area contributed by atoms with Crippen molar-refractivity contribution in [2.24, 2.45) is 0 Å². The zero-order chi connectivity index (χ0) is 16.0. The van der Waals surface area contributed by atoms with Crippen LogP contribution in [0.4, 0.5) is 0 Å². The molecule has 21 heavy (non-hydrogen) atoms. The first-order valence-corrected chi connectivity index (χ1v) is 7.93. The Morgan fingerprint density at radius 1 is 1.29 bits per heavy atom. The van der Waals surface area contributed by atoms with Gasteiger partial charge in [-0.15, -0.1) is 11.8 Å². The van der Waals surface area contributed by atoms with Crippen molar-refractivity contribution in [3.05, 3.63) is 17.1 Å². The summed E-state index contributed by atoms with van der Waals surface area (Å²) in [5.41, 5.74) is 1.15. The van der Waals surface area contributed by atoms with Gasteiger partial charge >= 0.3 is 5.97 Å². The topological polar surface area (TPSA) is 72.4 Å². The van der Waals surface area contributed by atoms with E-state index in [1.54, 1.807) is 27.8 Å². The van der Waals surface area contributed by atoms with Gasteiger partial charge in [0.2, 0.25) is 0 Å². The molecule has 1 aromatic heterocycles. The predicted molar refractivity (Wildman–Crippen MR) is 81.5 cm³/mol. The zero-order valence-corrected chi connectivity index (χ0v) is 13.9. The first kappa shape index (κ1) is 17.4. The Kier molecular flexibility index (Phi) is 6.61. The van der Waals surface area contributed by atoms with Crippen LogP contribution in [-0.2, 0) is 9.53 Å². The minimum absolute atomic E-state index is 0.177. The van der Waals surface area contributed by atoms with Gasteiger partial charge in [-0.2, -0.15) is 0 Å². The highest BCUT2D eigenvalue weighted by molar-refractivity contribution is 7.98. The largest absolute Gasteiger partial charge is 0.466 e. The van der Waals surface area contributed by atoms with E-state index in [1.807, 2.05) is 6.26 Å². The maximum atomic E-state index is 12.5. The fraction of sp³-hybridized carbons (Fsp3) is 0.571. The molecule has 0 saturated carbocycles. The number of amides is 1. The molecule has 1 amide bonds. The quantitative estimate of drug-likeness (QED) is 0.453. The average molecular weight is 311 g/mol. The van der Waals surface area contributed by atoms with Crippen LogP contribution in [0.1, 0.15) is 35.2 Å². The second-order valence-electron chi connectivity index (χ2n) is 4.52. The number of nitrogens with zero attached hydrogens (tertiary/aromatic N) is 3. The molecule has 0 N–H and O–H groups in total. The van der Waals surface area contributed by atoms with E-state index in [-0.39, 0.29) is 18.3 Å². The molecule has 0 aromatic carbocycles. The number of esters is 1. The van der Waals surface area contributed by atoms with E-state index in [0.717, 1.165) is 0 Å². The van der Waals surface area contributed by atoms with Crippen molar-refractivity contribution in [1.29, 1.82) is 0 Å². The van der Waals surface area contributed by atoms with Gasteiger partial charge in [0.15, 0.2) is 0 Å². The van der Waals surface area contributed by atoms with Crippen LogP contribution in [0.15, 0.2) is 5.03 Å². The van der Waals surface area contributed by atoms with Crippen molar-refractivity contribution >= 4 is 23.6 Å². The molecule has 1 heterocycles. The summed E-state index contributed by atoms with van der Waals surface area (Å²) in [4.78, 5) is 33.9. The molecule has 0 atom stereocenters. The molecule has 0 aliphatic carbocycles. The number of carbonyl (C=O) groups excluding carboxylic acids is 2. The van der Waals surface area contributed by atoms with Crippen LogP contribution in [0.5, 0.6) is 0 Å². The molecule has 0 bridgehead atoms. The summed E-state index contributed by atoms with van der Waals surface area (Å²) in [5, 5.41) is 0.660. The summed E-state index contributed by atoms with van der Waals surface area (Å²) in [5.74, 6) is 0.155. The molecule has 1 rings (SSSR count). The van der Waals surface area contributed by atoms with E-state index in [4.69, 9.17) is 4.74 Å². The lowest BCUT2D eigenvalue weighted by Crippen LogP contribution is -2.31. The number of rotatable bonds is 6. The molecule has 0 radical (unpaired) electrons. The van der Waals surface area contributed by atoms with Gasteiger partial charge in [0.05, 0.1) is 24.3 Å². The summed E-state index contributed by atoms with van der Waals surface area (Å²) in [7, 11) is 1.66. The number of hydrogen-bond donors (Lipinski definition) is 0. The van der Waals surface area contributed by atoms with Crippen LogP contribution in [0.25, 0.3) is 0 Å². The molecule has 116 valence electrons. The lowest BCUT2D eigenvalue weighted by molar-refractivity contribution is -0.143. The lowest BCUT2D eigenvalue weighted by atomic mass is 10.2. The summed E-state index contributed by atoms with van der Waals surface area (Å²) >= 11 is 1.41. The Morgan fingerprint density at radius 3 is 2.52 bits per heavy atom.